The number of fused-ring (bicyclic) bond motifs is 1. The van der Waals surface area contributed by atoms with E-state index in [0.29, 0.717) is 17.0 Å². The zero-order valence-corrected chi connectivity index (χ0v) is 9.58. The second-order valence-electron chi connectivity index (χ2n) is 3.92. The van der Waals surface area contributed by atoms with Gasteiger partial charge in [0.15, 0.2) is 11.3 Å². The summed E-state index contributed by atoms with van der Waals surface area (Å²) in [5.41, 5.74) is 2.59. The summed E-state index contributed by atoms with van der Waals surface area (Å²) in [7, 11) is 0. The van der Waals surface area contributed by atoms with Gasteiger partial charge in [0.25, 0.3) is 0 Å². The molecule has 0 aliphatic heterocycles. The Hall–Kier alpha value is -2.63. The van der Waals surface area contributed by atoms with E-state index >= 15 is 0 Å². The van der Waals surface area contributed by atoms with Crippen molar-refractivity contribution in [3.05, 3.63) is 41.9 Å². The summed E-state index contributed by atoms with van der Waals surface area (Å²) in [5, 5.41) is 13.5. The monoisotopic (exact) mass is 242 g/mol. The molecule has 0 saturated heterocycles. The predicted octanol–water partition coefficient (Wildman–Crippen LogP) is 1.73. The lowest BCUT2D eigenvalue weighted by Gasteiger charge is -2.00. The van der Waals surface area contributed by atoms with Crippen molar-refractivity contribution < 1.29 is 9.90 Å². The molecule has 0 fully saturated rings. The van der Waals surface area contributed by atoms with Gasteiger partial charge >= 0.3 is 5.97 Å². The molecule has 0 unspecified atom stereocenters. The van der Waals surface area contributed by atoms with Crippen molar-refractivity contribution in [2.75, 3.05) is 0 Å². The fourth-order valence-electron chi connectivity index (χ4n) is 1.92. The molecule has 2 N–H and O–H groups in total. The Labute approximate surface area is 102 Å². The molecule has 90 valence electrons. The number of carboxylic acid groups (broad SMARTS) is 1. The van der Waals surface area contributed by atoms with E-state index in [-0.39, 0.29) is 5.69 Å². The van der Waals surface area contributed by atoms with E-state index in [1.165, 1.54) is 4.52 Å². The van der Waals surface area contributed by atoms with Crippen molar-refractivity contribution in [3.63, 3.8) is 0 Å². The number of aryl methyl sites for hydroxylation is 1. The third-order valence-electron chi connectivity index (χ3n) is 2.73. The highest BCUT2D eigenvalue weighted by Crippen LogP contribution is 2.17. The first-order valence-corrected chi connectivity index (χ1v) is 5.40. The maximum absolute atomic E-state index is 11.2. The quantitative estimate of drug-likeness (QED) is 0.716. The number of aromatic carboxylic acids is 1. The fraction of sp³-hybridized carbons (Fsp3) is 0.0833. The molecule has 3 aromatic rings. The van der Waals surface area contributed by atoms with E-state index in [4.69, 9.17) is 5.11 Å². The number of carbonyl (C=O) groups is 1. The zero-order valence-electron chi connectivity index (χ0n) is 9.58. The van der Waals surface area contributed by atoms with Crippen LogP contribution in [-0.2, 0) is 0 Å². The SMILES string of the molecule is Cc1nc2ccc(-c3ccc[nH]3)nn2c1C(=O)O. The van der Waals surface area contributed by atoms with Gasteiger partial charge in [0.1, 0.15) is 5.69 Å². The van der Waals surface area contributed by atoms with Crippen LogP contribution in [0.25, 0.3) is 17.0 Å². The number of hydrogen-bond acceptors (Lipinski definition) is 3. The number of carboxylic acids is 1. The van der Waals surface area contributed by atoms with Crippen LogP contribution in [0.15, 0.2) is 30.5 Å². The number of rotatable bonds is 2. The van der Waals surface area contributed by atoms with Crippen LogP contribution in [0.4, 0.5) is 0 Å². The minimum absolute atomic E-state index is 0.0957. The summed E-state index contributed by atoms with van der Waals surface area (Å²) < 4.78 is 1.36. The second-order valence-corrected chi connectivity index (χ2v) is 3.92. The molecule has 6 heteroatoms. The van der Waals surface area contributed by atoms with Crippen molar-refractivity contribution in [3.8, 4) is 11.4 Å². The Morgan fingerprint density at radius 1 is 1.39 bits per heavy atom. The Kier molecular flexibility index (Phi) is 2.16. The molecule has 0 saturated carbocycles. The van der Waals surface area contributed by atoms with E-state index < -0.39 is 5.97 Å². The Balaban J connectivity index is 2.28. The summed E-state index contributed by atoms with van der Waals surface area (Å²) in [6, 6.07) is 7.29. The van der Waals surface area contributed by atoms with Crippen molar-refractivity contribution in [1.29, 1.82) is 0 Å². The number of aromatic nitrogens is 4. The van der Waals surface area contributed by atoms with E-state index in [2.05, 4.69) is 15.1 Å². The van der Waals surface area contributed by atoms with E-state index in [9.17, 15) is 4.79 Å². The Morgan fingerprint density at radius 3 is 2.89 bits per heavy atom. The molecule has 3 heterocycles. The van der Waals surface area contributed by atoms with E-state index in [1.54, 1.807) is 25.3 Å². The maximum atomic E-state index is 11.2. The lowest BCUT2D eigenvalue weighted by molar-refractivity contribution is 0.0687. The molecule has 0 atom stereocenters. The Bertz CT molecular complexity index is 728. The number of aromatic amines is 1. The third kappa shape index (κ3) is 1.46. The Morgan fingerprint density at radius 2 is 2.22 bits per heavy atom. The molecule has 3 aromatic heterocycles. The maximum Gasteiger partial charge on any atom is 0.356 e. The van der Waals surface area contributed by atoms with Crippen LogP contribution in [0.5, 0.6) is 0 Å². The number of nitrogens with zero attached hydrogens (tertiary/aromatic N) is 3. The lowest BCUT2D eigenvalue weighted by atomic mass is 10.3. The lowest BCUT2D eigenvalue weighted by Crippen LogP contribution is -2.06. The molecule has 0 aliphatic carbocycles. The average Bonchev–Trinajstić information content (AvgIpc) is 2.92. The highest BCUT2D eigenvalue weighted by Gasteiger charge is 2.17. The molecule has 0 spiro atoms. The van der Waals surface area contributed by atoms with Gasteiger partial charge < -0.3 is 10.1 Å². The summed E-state index contributed by atoms with van der Waals surface area (Å²) in [4.78, 5) is 18.4. The van der Waals surface area contributed by atoms with Gasteiger partial charge in [0.05, 0.1) is 11.4 Å². The molecule has 6 nitrogen and oxygen atoms in total. The summed E-state index contributed by atoms with van der Waals surface area (Å²) >= 11 is 0. The summed E-state index contributed by atoms with van der Waals surface area (Å²) in [6.45, 7) is 1.66. The van der Waals surface area contributed by atoms with Crippen LogP contribution in [0.2, 0.25) is 0 Å². The zero-order chi connectivity index (χ0) is 12.7. The number of imidazole rings is 1. The van der Waals surface area contributed by atoms with Crippen molar-refractivity contribution in [2.24, 2.45) is 0 Å². The molecule has 3 rings (SSSR count). The largest absolute Gasteiger partial charge is 0.476 e. The highest BCUT2D eigenvalue weighted by molar-refractivity contribution is 5.88. The van der Waals surface area contributed by atoms with Gasteiger partial charge in [-0.15, -0.1) is 0 Å². The number of hydrogen-bond donors (Lipinski definition) is 2. The van der Waals surface area contributed by atoms with Crippen LogP contribution in [0.3, 0.4) is 0 Å². The normalized spacial score (nSPS) is 10.9. The van der Waals surface area contributed by atoms with Crippen molar-refractivity contribution in [2.45, 2.75) is 6.92 Å². The minimum Gasteiger partial charge on any atom is -0.476 e. The van der Waals surface area contributed by atoms with Crippen LogP contribution in [0.1, 0.15) is 16.2 Å². The van der Waals surface area contributed by atoms with E-state index in [1.807, 2.05) is 12.1 Å². The van der Waals surface area contributed by atoms with Gasteiger partial charge in [-0.25, -0.2) is 14.3 Å². The molecule has 18 heavy (non-hydrogen) atoms. The van der Waals surface area contributed by atoms with E-state index in [0.717, 1.165) is 5.69 Å². The topological polar surface area (TPSA) is 83.3 Å². The van der Waals surface area contributed by atoms with Crippen LogP contribution in [0, 0.1) is 6.92 Å². The first-order valence-electron chi connectivity index (χ1n) is 5.40. The summed E-state index contributed by atoms with van der Waals surface area (Å²) in [6.07, 6.45) is 1.79. The van der Waals surface area contributed by atoms with Gasteiger partial charge in [-0.2, -0.15) is 5.10 Å². The fourth-order valence-corrected chi connectivity index (χ4v) is 1.92. The van der Waals surface area contributed by atoms with Gasteiger partial charge in [-0.1, -0.05) is 0 Å². The third-order valence-corrected chi connectivity index (χ3v) is 2.73. The van der Waals surface area contributed by atoms with Crippen molar-refractivity contribution >= 4 is 11.6 Å². The minimum atomic E-state index is -1.03. The second kappa shape index (κ2) is 3.69. The molecule has 0 bridgehead atoms. The molecule has 0 aliphatic rings. The highest BCUT2D eigenvalue weighted by atomic mass is 16.4. The van der Waals surface area contributed by atoms with Crippen LogP contribution in [-0.4, -0.2) is 30.7 Å². The summed E-state index contributed by atoms with van der Waals surface area (Å²) in [5.74, 6) is -1.03. The molecular weight excluding hydrogens is 232 g/mol. The van der Waals surface area contributed by atoms with Gasteiger partial charge in [0.2, 0.25) is 0 Å². The smallest absolute Gasteiger partial charge is 0.356 e. The van der Waals surface area contributed by atoms with Crippen molar-refractivity contribution in [1.82, 2.24) is 19.6 Å². The predicted molar refractivity (Wildman–Crippen MR) is 64.5 cm³/mol. The average molecular weight is 242 g/mol. The molecular formula is C12H10N4O2. The van der Waals surface area contributed by atoms with Crippen LogP contribution >= 0.6 is 0 Å². The number of nitrogens with one attached hydrogen (secondary N) is 1. The molecule has 0 radical (unpaired) electrons. The van der Waals surface area contributed by atoms with Crippen LogP contribution < -0.4 is 0 Å². The van der Waals surface area contributed by atoms with Gasteiger partial charge in [-0.05, 0) is 31.2 Å². The first kappa shape index (κ1) is 10.5. The van der Waals surface area contributed by atoms with Gasteiger partial charge in [-0.3, -0.25) is 0 Å². The molecule has 0 aromatic carbocycles. The molecule has 0 amide bonds. The number of H-pyrrole nitrogens is 1. The first-order chi connectivity index (χ1) is 8.66. The van der Waals surface area contributed by atoms with Gasteiger partial charge in [0, 0.05) is 6.20 Å². The standard InChI is InChI=1S/C12H10N4O2/c1-7-11(12(17)18)16-10(14-7)5-4-9(15-16)8-3-2-6-13-8/h2-6,13H,1H3,(H,17,18).